The van der Waals surface area contributed by atoms with E-state index >= 15 is 0 Å². The number of methoxy groups -OCH3 is 1. The van der Waals surface area contributed by atoms with Gasteiger partial charge in [0.25, 0.3) is 0 Å². The second-order valence-corrected chi connectivity index (χ2v) is 3.22. The van der Waals surface area contributed by atoms with Gasteiger partial charge in [0, 0.05) is 20.3 Å². The second kappa shape index (κ2) is 6.35. The lowest BCUT2D eigenvalue weighted by Crippen LogP contribution is -2.06. The van der Waals surface area contributed by atoms with Gasteiger partial charge in [-0.2, -0.15) is 0 Å². The van der Waals surface area contributed by atoms with Crippen LogP contribution >= 0.6 is 0 Å². The van der Waals surface area contributed by atoms with E-state index in [0.29, 0.717) is 13.2 Å². The smallest absolute Gasteiger partial charge is 0.149 e. The highest BCUT2D eigenvalue weighted by molar-refractivity contribution is 5.45. The van der Waals surface area contributed by atoms with Crippen LogP contribution in [0.15, 0.2) is 18.2 Å². The quantitative estimate of drug-likeness (QED) is 0.737. The Morgan fingerprint density at radius 2 is 1.87 bits per heavy atom. The molecule has 4 heteroatoms. The van der Waals surface area contributed by atoms with Crippen LogP contribution in [0.25, 0.3) is 0 Å². The van der Waals surface area contributed by atoms with E-state index in [2.05, 4.69) is 5.32 Å². The molecule has 1 N–H and O–H groups in total. The number of unbranched alkanes of at least 4 members (excludes halogenated alkanes) is 1. The molecule has 0 amide bonds. The molecule has 0 fully saturated rings. The first kappa shape index (κ1) is 11.9. The van der Waals surface area contributed by atoms with Crippen LogP contribution in [0.2, 0.25) is 0 Å². The van der Waals surface area contributed by atoms with E-state index in [-0.39, 0.29) is 5.69 Å². The van der Waals surface area contributed by atoms with Crippen molar-refractivity contribution in [2.75, 3.05) is 25.6 Å². The third kappa shape index (κ3) is 3.83. The molecule has 84 valence electrons. The number of benzene rings is 1. The lowest BCUT2D eigenvalue weighted by molar-refractivity contribution is 0.193. The highest BCUT2D eigenvalue weighted by Crippen LogP contribution is 2.17. The van der Waals surface area contributed by atoms with E-state index in [1.807, 2.05) is 0 Å². The molecule has 15 heavy (non-hydrogen) atoms. The molecule has 0 unspecified atom stereocenters. The Hall–Kier alpha value is -1.16. The molecule has 2 nitrogen and oxygen atoms in total. The molecule has 0 aliphatic carbocycles. The first-order valence-corrected chi connectivity index (χ1v) is 4.92. The fourth-order valence-corrected chi connectivity index (χ4v) is 1.25. The summed E-state index contributed by atoms with van der Waals surface area (Å²) in [7, 11) is 1.63. The summed E-state index contributed by atoms with van der Waals surface area (Å²) in [5, 5.41) is 2.73. The summed E-state index contributed by atoms with van der Waals surface area (Å²) in [6.45, 7) is 1.21. The summed E-state index contributed by atoms with van der Waals surface area (Å²) in [5.41, 5.74) is -0.0464. The van der Waals surface area contributed by atoms with Gasteiger partial charge >= 0.3 is 0 Å². The van der Waals surface area contributed by atoms with Crippen LogP contribution in [-0.2, 0) is 4.74 Å². The molecule has 1 rings (SSSR count). The number of rotatable bonds is 6. The first-order valence-electron chi connectivity index (χ1n) is 4.92. The number of ether oxygens (including phenoxy) is 1. The number of nitrogens with one attached hydrogen (secondary N) is 1. The van der Waals surface area contributed by atoms with Crippen molar-refractivity contribution in [3.63, 3.8) is 0 Å². The topological polar surface area (TPSA) is 21.3 Å². The highest BCUT2D eigenvalue weighted by Gasteiger charge is 2.06. The Morgan fingerprint density at radius 1 is 1.20 bits per heavy atom. The predicted molar refractivity (Wildman–Crippen MR) is 56.0 cm³/mol. The normalized spacial score (nSPS) is 10.3. The van der Waals surface area contributed by atoms with Crippen molar-refractivity contribution in [3.8, 4) is 0 Å². The molecule has 0 aliphatic rings. The van der Waals surface area contributed by atoms with Gasteiger partial charge < -0.3 is 10.1 Å². The third-order valence-electron chi connectivity index (χ3n) is 2.04. The summed E-state index contributed by atoms with van der Waals surface area (Å²) in [6, 6.07) is 3.82. The molecule has 0 atom stereocenters. The Kier molecular flexibility index (Phi) is 5.04. The van der Waals surface area contributed by atoms with Gasteiger partial charge in [-0.05, 0) is 25.0 Å². The second-order valence-electron chi connectivity index (χ2n) is 3.22. The zero-order chi connectivity index (χ0) is 11.1. The monoisotopic (exact) mass is 215 g/mol. The molecule has 0 bridgehead atoms. The third-order valence-corrected chi connectivity index (χ3v) is 2.04. The minimum atomic E-state index is -0.554. The van der Waals surface area contributed by atoms with Crippen LogP contribution in [0.3, 0.4) is 0 Å². The predicted octanol–water partition coefficient (Wildman–Crippen LogP) is 2.80. The SMILES string of the molecule is COCCCCNc1c(F)cccc1F. The van der Waals surface area contributed by atoms with Crippen molar-refractivity contribution in [2.24, 2.45) is 0 Å². The van der Waals surface area contributed by atoms with E-state index in [9.17, 15) is 8.78 Å². The maximum Gasteiger partial charge on any atom is 0.149 e. The van der Waals surface area contributed by atoms with Crippen LogP contribution in [-0.4, -0.2) is 20.3 Å². The molecule has 1 aromatic carbocycles. The van der Waals surface area contributed by atoms with E-state index in [4.69, 9.17) is 4.74 Å². The zero-order valence-corrected chi connectivity index (χ0v) is 8.72. The van der Waals surface area contributed by atoms with Crippen LogP contribution in [0.1, 0.15) is 12.8 Å². The molecule has 0 spiro atoms. The fraction of sp³-hybridized carbons (Fsp3) is 0.455. The van der Waals surface area contributed by atoms with Gasteiger partial charge in [0.1, 0.15) is 17.3 Å². The van der Waals surface area contributed by atoms with Crippen LogP contribution in [0, 0.1) is 11.6 Å². The minimum absolute atomic E-state index is 0.0464. The summed E-state index contributed by atoms with van der Waals surface area (Å²) >= 11 is 0. The van der Waals surface area contributed by atoms with Gasteiger partial charge in [-0.1, -0.05) is 6.07 Å². The van der Waals surface area contributed by atoms with Crippen LogP contribution in [0.4, 0.5) is 14.5 Å². The highest BCUT2D eigenvalue weighted by atomic mass is 19.1. The average Bonchev–Trinajstić information content (AvgIpc) is 2.21. The summed E-state index contributed by atoms with van der Waals surface area (Å²) in [6.07, 6.45) is 1.70. The molecule has 0 radical (unpaired) electrons. The standard InChI is InChI=1S/C11H15F2NO/c1-15-8-3-2-7-14-11-9(12)5-4-6-10(11)13/h4-6,14H,2-3,7-8H2,1H3. The zero-order valence-electron chi connectivity index (χ0n) is 8.72. The van der Waals surface area contributed by atoms with Gasteiger partial charge in [-0.3, -0.25) is 0 Å². The first-order chi connectivity index (χ1) is 7.25. The summed E-state index contributed by atoms with van der Waals surface area (Å²) in [4.78, 5) is 0. The van der Waals surface area contributed by atoms with Gasteiger partial charge in [0.15, 0.2) is 0 Å². The van der Waals surface area contributed by atoms with Gasteiger partial charge in [-0.25, -0.2) is 8.78 Å². The number of hydrogen-bond donors (Lipinski definition) is 1. The molecular weight excluding hydrogens is 200 g/mol. The maximum absolute atomic E-state index is 13.1. The average molecular weight is 215 g/mol. The van der Waals surface area contributed by atoms with Gasteiger partial charge in [-0.15, -0.1) is 0 Å². The summed E-state index contributed by atoms with van der Waals surface area (Å²) < 4.78 is 31.1. The van der Waals surface area contributed by atoms with Crippen molar-refractivity contribution >= 4 is 5.69 Å². The molecule has 0 aromatic heterocycles. The fourth-order valence-electron chi connectivity index (χ4n) is 1.25. The van der Waals surface area contributed by atoms with Crippen molar-refractivity contribution < 1.29 is 13.5 Å². The van der Waals surface area contributed by atoms with Gasteiger partial charge in [0.2, 0.25) is 0 Å². The Labute approximate surface area is 88.3 Å². The van der Waals surface area contributed by atoms with E-state index < -0.39 is 11.6 Å². The molecule has 0 heterocycles. The summed E-state index contributed by atoms with van der Waals surface area (Å²) in [5.74, 6) is -1.11. The molecular formula is C11H15F2NO. The van der Waals surface area contributed by atoms with Crippen LogP contribution in [0.5, 0.6) is 0 Å². The lowest BCUT2D eigenvalue weighted by atomic mass is 10.2. The van der Waals surface area contributed by atoms with E-state index in [1.165, 1.54) is 18.2 Å². The Bertz CT molecular complexity index is 284. The number of anilines is 1. The number of para-hydroxylation sites is 1. The maximum atomic E-state index is 13.1. The Balaban J connectivity index is 2.37. The molecule has 0 saturated carbocycles. The molecule has 1 aromatic rings. The lowest BCUT2D eigenvalue weighted by Gasteiger charge is -2.07. The van der Waals surface area contributed by atoms with Crippen molar-refractivity contribution in [2.45, 2.75) is 12.8 Å². The number of hydrogen-bond acceptors (Lipinski definition) is 2. The van der Waals surface area contributed by atoms with Crippen LogP contribution < -0.4 is 5.32 Å². The minimum Gasteiger partial charge on any atom is -0.385 e. The van der Waals surface area contributed by atoms with Gasteiger partial charge in [0.05, 0.1) is 0 Å². The molecule has 0 saturated heterocycles. The van der Waals surface area contributed by atoms with Crippen molar-refractivity contribution in [3.05, 3.63) is 29.8 Å². The van der Waals surface area contributed by atoms with Crippen molar-refractivity contribution in [1.82, 2.24) is 0 Å². The Morgan fingerprint density at radius 3 is 2.47 bits per heavy atom. The van der Waals surface area contributed by atoms with E-state index in [0.717, 1.165) is 12.8 Å². The van der Waals surface area contributed by atoms with Crippen molar-refractivity contribution in [1.29, 1.82) is 0 Å². The number of halogens is 2. The largest absolute Gasteiger partial charge is 0.385 e. The van der Waals surface area contributed by atoms with E-state index in [1.54, 1.807) is 7.11 Å². The molecule has 0 aliphatic heterocycles.